The van der Waals surface area contributed by atoms with Crippen LogP contribution in [0, 0.1) is 0 Å². The fraction of sp³-hybridized carbons (Fsp3) is 0.0968. The first-order valence-corrected chi connectivity index (χ1v) is 14.8. The number of methoxy groups -OCH3 is 2. The van der Waals surface area contributed by atoms with E-state index < -0.39 is 0 Å². The summed E-state index contributed by atoms with van der Waals surface area (Å²) in [6.45, 7) is 0.255. The number of anilines is 1. The van der Waals surface area contributed by atoms with Gasteiger partial charge in [0.05, 0.1) is 25.8 Å². The number of carbonyl (C=O) groups is 1. The predicted molar refractivity (Wildman–Crippen MR) is 165 cm³/mol. The molecule has 0 saturated heterocycles. The number of nitrogens with one attached hydrogen (secondary N) is 1. The molecule has 0 bridgehead atoms. The van der Waals surface area contributed by atoms with Crippen molar-refractivity contribution in [2.75, 3.05) is 19.5 Å². The molecule has 0 atom stereocenters. The van der Waals surface area contributed by atoms with Gasteiger partial charge in [-0.1, -0.05) is 42.5 Å². The SMILES string of the molecule is COc1cc(OCc2cccc(NC(=O)c3csc(-c4ccccc4)n3)c2)c2cc(-c3cn4nc(OC)sc4n3)oc2c1. The maximum Gasteiger partial charge on any atom is 0.294 e. The summed E-state index contributed by atoms with van der Waals surface area (Å²) in [5.74, 6) is 1.49. The highest BCUT2D eigenvalue weighted by molar-refractivity contribution is 7.18. The smallest absolute Gasteiger partial charge is 0.294 e. The summed E-state index contributed by atoms with van der Waals surface area (Å²) in [7, 11) is 3.17. The zero-order chi connectivity index (χ0) is 29.3. The molecule has 1 amide bonds. The minimum Gasteiger partial charge on any atom is -0.496 e. The van der Waals surface area contributed by atoms with Gasteiger partial charge in [0.15, 0.2) is 5.76 Å². The van der Waals surface area contributed by atoms with E-state index in [4.69, 9.17) is 18.6 Å². The average Bonchev–Trinajstić information content (AvgIpc) is 3.83. The van der Waals surface area contributed by atoms with Crippen LogP contribution >= 0.6 is 22.7 Å². The highest BCUT2D eigenvalue weighted by Crippen LogP contribution is 2.37. The van der Waals surface area contributed by atoms with E-state index in [0.717, 1.165) is 21.5 Å². The number of ether oxygens (including phenoxy) is 3. The molecule has 0 spiro atoms. The van der Waals surface area contributed by atoms with Crippen LogP contribution in [0.2, 0.25) is 0 Å². The minimum absolute atomic E-state index is 0.255. The molecule has 214 valence electrons. The molecule has 0 saturated carbocycles. The van der Waals surface area contributed by atoms with Gasteiger partial charge in [0.1, 0.15) is 40.1 Å². The summed E-state index contributed by atoms with van der Waals surface area (Å²) in [6.07, 6.45) is 1.79. The van der Waals surface area contributed by atoms with Gasteiger partial charge in [-0.05, 0) is 35.1 Å². The molecule has 0 radical (unpaired) electrons. The van der Waals surface area contributed by atoms with Crippen molar-refractivity contribution in [3.05, 3.63) is 95.6 Å². The zero-order valence-corrected chi connectivity index (χ0v) is 24.6. The number of hydrogen-bond acceptors (Lipinski definition) is 10. The summed E-state index contributed by atoms with van der Waals surface area (Å²) in [4.78, 5) is 22.7. The maximum atomic E-state index is 12.9. The largest absolute Gasteiger partial charge is 0.496 e. The first kappa shape index (κ1) is 26.7. The van der Waals surface area contributed by atoms with Crippen molar-refractivity contribution in [2.24, 2.45) is 0 Å². The second-order valence-corrected chi connectivity index (χ2v) is 11.2. The van der Waals surface area contributed by atoms with Gasteiger partial charge in [-0.2, -0.15) is 0 Å². The van der Waals surface area contributed by atoms with Crippen molar-refractivity contribution >= 4 is 50.2 Å². The van der Waals surface area contributed by atoms with Gasteiger partial charge < -0.3 is 23.9 Å². The van der Waals surface area contributed by atoms with Crippen LogP contribution in [0.3, 0.4) is 0 Å². The van der Waals surface area contributed by atoms with Gasteiger partial charge >= 0.3 is 0 Å². The van der Waals surface area contributed by atoms with Crippen LogP contribution in [-0.4, -0.2) is 39.7 Å². The van der Waals surface area contributed by atoms with Gasteiger partial charge in [0, 0.05) is 28.8 Å². The number of amides is 1. The van der Waals surface area contributed by atoms with Crippen LogP contribution in [0.5, 0.6) is 16.7 Å². The Morgan fingerprint density at radius 1 is 1.00 bits per heavy atom. The van der Waals surface area contributed by atoms with Gasteiger partial charge in [-0.15, -0.1) is 16.4 Å². The molecule has 43 heavy (non-hydrogen) atoms. The minimum atomic E-state index is -0.273. The van der Waals surface area contributed by atoms with E-state index in [2.05, 4.69) is 20.4 Å². The summed E-state index contributed by atoms with van der Waals surface area (Å²) in [6, 6.07) is 22.8. The quantitative estimate of drug-likeness (QED) is 0.183. The molecule has 7 rings (SSSR count). The van der Waals surface area contributed by atoms with E-state index in [1.165, 1.54) is 22.7 Å². The van der Waals surface area contributed by atoms with Crippen LogP contribution < -0.4 is 19.5 Å². The summed E-state index contributed by atoms with van der Waals surface area (Å²) >= 11 is 2.78. The van der Waals surface area contributed by atoms with Crippen LogP contribution in [0.15, 0.2) is 88.8 Å². The van der Waals surface area contributed by atoms with Crippen LogP contribution in [-0.2, 0) is 6.61 Å². The molecule has 12 heteroatoms. The number of imidazole rings is 1. The molecule has 1 N–H and O–H groups in total. The Labute approximate surface area is 253 Å². The first-order chi connectivity index (χ1) is 21.1. The van der Waals surface area contributed by atoms with Crippen molar-refractivity contribution in [3.8, 4) is 38.7 Å². The number of aromatic nitrogens is 4. The molecule has 0 aliphatic rings. The number of fused-ring (bicyclic) bond motifs is 2. The fourth-order valence-electron chi connectivity index (χ4n) is 4.52. The van der Waals surface area contributed by atoms with Crippen molar-refractivity contribution in [3.63, 3.8) is 0 Å². The lowest BCUT2D eigenvalue weighted by molar-refractivity contribution is 0.102. The third-order valence-electron chi connectivity index (χ3n) is 6.60. The van der Waals surface area contributed by atoms with Crippen molar-refractivity contribution < 1.29 is 23.4 Å². The van der Waals surface area contributed by atoms with Crippen molar-refractivity contribution in [1.29, 1.82) is 0 Å². The Morgan fingerprint density at radius 2 is 1.88 bits per heavy atom. The number of carbonyl (C=O) groups excluding carboxylic acids is 1. The maximum absolute atomic E-state index is 12.9. The number of thiazole rings is 1. The van der Waals surface area contributed by atoms with Gasteiger partial charge in [-0.25, -0.2) is 14.5 Å². The molecule has 10 nitrogen and oxygen atoms in total. The molecule has 0 aliphatic carbocycles. The number of benzene rings is 3. The van der Waals surface area contributed by atoms with Gasteiger partial charge in [-0.3, -0.25) is 4.79 Å². The molecule has 0 fully saturated rings. The third-order valence-corrected chi connectivity index (χ3v) is 8.37. The Balaban J connectivity index is 1.08. The molecule has 4 heterocycles. The van der Waals surface area contributed by atoms with Gasteiger partial charge in [0.25, 0.3) is 11.1 Å². The average molecular weight is 610 g/mol. The first-order valence-electron chi connectivity index (χ1n) is 13.1. The van der Waals surface area contributed by atoms with E-state index in [0.29, 0.717) is 50.1 Å². The van der Waals surface area contributed by atoms with Gasteiger partial charge in [0.2, 0.25) is 4.96 Å². The lowest BCUT2D eigenvalue weighted by Crippen LogP contribution is -2.12. The summed E-state index contributed by atoms with van der Waals surface area (Å²) in [5, 5.41) is 11.1. The van der Waals surface area contributed by atoms with Crippen LogP contribution in [0.25, 0.3) is 38.0 Å². The molecule has 0 aliphatic heterocycles. The summed E-state index contributed by atoms with van der Waals surface area (Å²) in [5.41, 5.74) is 4.10. The van der Waals surface area contributed by atoms with Crippen molar-refractivity contribution in [2.45, 2.75) is 6.61 Å². The molecular weight excluding hydrogens is 587 g/mol. The number of furan rings is 1. The number of hydrogen-bond donors (Lipinski definition) is 1. The molecule has 4 aromatic heterocycles. The topological polar surface area (TPSA) is 113 Å². The lowest BCUT2D eigenvalue weighted by Gasteiger charge is -2.10. The summed E-state index contributed by atoms with van der Waals surface area (Å²) < 4.78 is 24.7. The molecule has 7 aromatic rings. The standard InChI is InChI=1S/C31H23N5O5S2/c1-38-21-12-25(22-14-27(41-26(22)13-21)23-15-36-30(34-23)43-31(35-36)39-2)40-16-18-7-6-10-20(11-18)32-28(37)24-17-42-29(33-24)19-8-4-3-5-9-19/h3-15,17H,16H2,1-2H3,(H,32,37). The second kappa shape index (κ2) is 11.2. The number of nitrogens with zero attached hydrogens (tertiary/aromatic N) is 4. The normalized spacial score (nSPS) is 11.2. The Kier molecular flexibility index (Phi) is 6.97. The number of rotatable bonds is 9. The highest BCUT2D eigenvalue weighted by Gasteiger charge is 2.18. The zero-order valence-electron chi connectivity index (χ0n) is 22.9. The van der Waals surface area contributed by atoms with Crippen molar-refractivity contribution in [1.82, 2.24) is 19.6 Å². The van der Waals surface area contributed by atoms with E-state index in [1.807, 2.05) is 72.8 Å². The van der Waals surface area contributed by atoms with Crippen LogP contribution in [0.1, 0.15) is 16.1 Å². The Morgan fingerprint density at radius 3 is 2.70 bits per heavy atom. The van der Waals surface area contributed by atoms with E-state index in [-0.39, 0.29) is 12.5 Å². The van der Waals surface area contributed by atoms with E-state index in [1.54, 1.807) is 30.3 Å². The molecule has 0 unspecified atom stereocenters. The highest BCUT2D eigenvalue weighted by atomic mass is 32.1. The monoisotopic (exact) mass is 609 g/mol. The third kappa shape index (κ3) is 5.41. The lowest BCUT2D eigenvalue weighted by atomic mass is 10.2. The molecular formula is C31H23N5O5S2. The van der Waals surface area contributed by atoms with E-state index in [9.17, 15) is 4.79 Å². The Hall–Kier alpha value is -5.20. The fourth-order valence-corrected chi connectivity index (χ4v) is 6.02. The Bertz CT molecular complexity index is 2050. The second-order valence-electron chi connectivity index (χ2n) is 9.42. The molecule has 3 aromatic carbocycles. The van der Waals surface area contributed by atoms with E-state index >= 15 is 0 Å². The van der Waals surface area contributed by atoms with Crippen LogP contribution in [0.4, 0.5) is 5.69 Å². The predicted octanol–water partition coefficient (Wildman–Crippen LogP) is 7.18.